The van der Waals surface area contributed by atoms with E-state index in [9.17, 15) is 5.11 Å². The zero-order chi connectivity index (χ0) is 19.2. The van der Waals surface area contributed by atoms with Crippen molar-refractivity contribution in [3.05, 3.63) is 89.7 Å². The summed E-state index contributed by atoms with van der Waals surface area (Å²) >= 11 is 11.9. The highest BCUT2D eigenvalue weighted by atomic mass is 35.5. The summed E-state index contributed by atoms with van der Waals surface area (Å²) in [6.07, 6.45) is 3.61. The molecule has 4 nitrogen and oxygen atoms in total. The number of methoxy groups -OCH3 is 1. The number of aliphatic hydroxyl groups is 1. The molecule has 2 aromatic carbocycles. The normalized spacial score (nSPS) is 11.5. The van der Waals surface area contributed by atoms with Crippen LogP contribution in [-0.2, 0) is 0 Å². The molecule has 2 N–H and O–H groups in total. The monoisotopic (exact) mass is 397 g/mol. The van der Waals surface area contributed by atoms with Gasteiger partial charge in [0.05, 0.1) is 12.1 Å². The van der Waals surface area contributed by atoms with Gasteiger partial charge in [-0.25, -0.2) is 0 Å². The van der Waals surface area contributed by atoms with E-state index in [0.717, 1.165) is 5.69 Å². The largest absolute Gasteiger partial charge is 0.502 e. The Kier molecular flexibility index (Phi) is 6.06. The first-order valence-electron chi connectivity index (χ1n) is 8.20. The number of nitrogens with zero attached hydrogens (tertiary/aromatic N) is 1. The molecule has 0 amide bonds. The second-order valence-electron chi connectivity index (χ2n) is 5.65. The molecule has 0 radical (unpaired) electrons. The molecule has 3 rings (SSSR count). The van der Waals surface area contributed by atoms with Crippen LogP contribution in [0, 0.1) is 0 Å². The summed E-state index contributed by atoms with van der Waals surface area (Å²) in [5.41, 5.74) is 1.67. The van der Waals surface area contributed by atoms with Crippen LogP contribution in [0.15, 0.2) is 79.1 Å². The Labute approximate surface area is 168 Å². The first kappa shape index (κ1) is 18.9. The van der Waals surface area contributed by atoms with E-state index in [4.69, 9.17) is 28.6 Å². The lowest BCUT2D eigenvalue weighted by atomic mass is 10.1. The number of ether oxygens (including phenoxy) is 1. The van der Waals surface area contributed by atoms with E-state index in [-0.39, 0.29) is 5.76 Å². The summed E-state index contributed by atoms with van der Waals surface area (Å²) in [5.74, 6) is 0.688. The zero-order valence-corrected chi connectivity index (χ0v) is 16.2. The average Bonchev–Trinajstić information content (AvgIpc) is 2.69. The highest BCUT2D eigenvalue weighted by Gasteiger charge is 2.24. The van der Waals surface area contributed by atoms with Crippen molar-refractivity contribution in [1.29, 1.82) is 0 Å². The highest BCUT2D eigenvalue weighted by molar-refractivity contribution is 7.81. The highest BCUT2D eigenvalue weighted by Crippen LogP contribution is 2.26. The van der Waals surface area contributed by atoms with Crippen molar-refractivity contribution in [3.8, 4) is 5.75 Å². The van der Waals surface area contributed by atoms with Crippen molar-refractivity contribution >= 4 is 46.0 Å². The third-order valence-electron chi connectivity index (χ3n) is 3.87. The van der Waals surface area contributed by atoms with Crippen LogP contribution in [0.2, 0.25) is 5.02 Å². The molecular formula is C21H18ClN2O2S+. The molecule has 136 valence electrons. The molecule has 0 aliphatic rings. The Hall–Kier alpha value is -2.89. The van der Waals surface area contributed by atoms with Crippen LogP contribution in [0.3, 0.4) is 0 Å². The lowest BCUT2D eigenvalue weighted by Gasteiger charge is -2.11. The molecule has 1 aromatic heterocycles. The van der Waals surface area contributed by atoms with Gasteiger partial charge in [0, 0.05) is 29.4 Å². The summed E-state index contributed by atoms with van der Waals surface area (Å²) in [5, 5.41) is 14.6. The van der Waals surface area contributed by atoms with Gasteiger partial charge in [-0.2, -0.15) is 4.57 Å². The standard InChI is InChI=1S/C21H17ClN2O2S/c1-26-16-9-7-8-15(14-16)23-21(27)19(24-12-5-2-6-13-24)20(25)17-10-3-4-11-18(17)22/h2-14H,1H3,(H-,23,25,27)/p+1. The zero-order valence-electron chi connectivity index (χ0n) is 14.6. The number of benzene rings is 2. The number of hydrogen-bond donors (Lipinski definition) is 2. The minimum absolute atomic E-state index is 0.0165. The van der Waals surface area contributed by atoms with Crippen LogP contribution >= 0.6 is 23.8 Å². The van der Waals surface area contributed by atoms with Crippen LogP contribution in [0.1, 0.15) is 5.56 Å². The van der Waals surface area contributed by atoms with Gasteiger partial charge in [0.1, 0.15) is 5.75 Å². The molecule has 0 saturated heterocycles. The molecule has 0 spiro atoms. The Morgan fingerprint density at radius 3 is 2.48 bits per heavy atom. The molecule has 3 aromatic rings. The molecule has 0 unspecified atom stereocenters. The van der Waals surface area contributed by atoms with Crippen LogP contribution in [0.5, 0.6) is 5.75 Å². The Morgan fingerprint density at radius 1 is 1.04 bits per heavy atom. The molecule has 0 fully saturated rings. The van der Waals surface area contributed by atoms with Crippen molar-refractivity contribution < 1.29 is 14.4 Å². The second kappa shape index (κ2) is 8.66. The number of halogens is 1. The molecule has 27 heavy (non-hydrogen) atoms. The smallest absolute Gasteiger partial charge is 0.288 e. The topological polar surface area (TPSA) is 45.4 Å². The molecule has 0 atom stereocenters. The third kappa shape index (κ3) is 4.45. The number of anilines is 1. The first-order chi connectivity index (χ1) is 13.1. The van der Waals surface area contributed by atoms with Crippen molar-refractivity contribution in [2.75, 3.05) is 12.4 Å². The minimum atomic E-state index is -0.0165. The van der Waals surface area contributed by atoms with E-state index in [1.807, 2.05) is 60.9 Å². The van der Waals surface area contributed by atoms with Crippen molar-refractivity contribution in [1.82, 2.24) is 0 Å². The maximum atomic E-state index is 11.0. The van der Waals surface area contributed by atoms with E-state index in [0.29, 0.717) is 27.0 Å². The summed E-state index contributed by atoms with van der Waals surface area (Å²) in [7, 11) is 1.60. The quantitative estimate of drug-likeness (QED) is 0.276. The summed E-state index contributed by atoms with van der Waals surface area (Å²) in [6.45, 7) is 0. The fourth-order valence-corrected chi connectivity index (χ4v) is 3.11. The maximum absolute atomic E-state index is 11.0. The fourth-order valence-electron chi connectivity index (χ4n) is 2.57. The molecular weight excluding hydrogens is 380 g/mol. The Morgan fingerprint density at radius 2 is 1.78 bits per heavy atom. The number of rotatable bonds is 5. The van der Waals surface area contributed by atoms with Crippen molar-refractivity contribution in [2.45, 2.75) is 0 Å². The number of aromatic nitrogens is 1. The second-order valence-corrected chi connectivity index (χ2v) is 6.46. The SMILES string of the molecule is COc1cccc(NC(=S)C(=C(O)c2ccccc2Cl)[n+]2ccccc2)c1. The summed E-state index contributed by atoms with van der Waals surface area (Å²) in [6, 6.07) is 20.1. The van der Waals surface area contributed by atoms with Crippen LogP contribution in [-0.4, -0.2) is 17.2 Å². The van der Waals surface area contributed by atoms with E-state index < -0.39 is 0 Å². The van der Waals surface area contributed by atoms with E-state index in [1.54, 1.807) is 29.9 Å². The molecule has 0 bridgehead atoms. The first-order valence-corrected chi connectivity index (χ1v) is 8.99. The average molecular weight is 398 g/mol. The molecule has 1 heterocycles. The predicted molar refractivity (Wildman–Crippen MR) is 113 cm³/mol. The number of nitrogens with one attached hydrogen (secondary N) is 1. The van der Waals surface area contributed by atoms with Crippen molar-refractivity contribution in [3.63, 3.8) is 0 Å². The summed E-state index contributed by atoms with van der Waals surface area (Å²) < 4.78 is 6.99. The predicted octanol–water partition coefficient (Wildman–Crippen LogP) is 4.96. The van der Waals surface area contributed by atoms with Gasteiger partial charge in [0.2, 0.25) is 5.76 Å². The van der Waals surface area contributed by atoms with Gasteiger partial charge in [-0.1, -0.05) is 48.1 Å². The van der Waals surface area contributed by atoms with Gasteiger partial charge >= 0.3 is 0 Å². The van der Waals surface area contributed by atoms with Crippen LogP contribution < -0.4 is 14.6 Å². The van der Waals surface area contributed by atoms with Crippen LogP contribution in [0.25, 0.3) is 11.5 Å². The number of pyridine rings is 1. The van der Waals surface area contributed by atoms with Gasteiger partial charge in [-0.15, -0.1) is 0 Å². The number of aliphatic hydroxyl groups excluding tert-OH is 1. The Balaban J connectivity index is 2.06. The minimum Gasteiger partial charge on any atom is -0.502 e. The molecule has 0 saturated carbocycles. The third-order valence-corrected chi connectivity index (χ3v) is 4.49. The van der Waals surface area contributed by atoms with Gasteiger partial charge < -0.3 is 15.2 Å². The van der Waals surface area contributed by atoms with Gasteiger partial charge in [-0.05, 0) is 24.3 Å². The maximum Gasteiger partial charge on any atom is 0.288 e. The van der Waals surface area contributed by atoms with Gasteiger partial charge in [-0.3, -0.25) is 0 Å². The fraction of sp³-hybridized carbons (Fsp3) is 0.0476. The Bertz CT molecular complexity index is 990. The number of thiocarbonyl (C=S) groups is 1. The van der Waals surface area contributed by atoms with E-state index in [2.05, 4.69) is 5.32 Å². The lowest BCUT2D eigenvalue weighted by Crippen LogP contribution is -2.38. The summed E-state index contributed by atoms with van der Waals surface area (Å²) in [4.78, 5) is 0.344. The molecule has 0 aliphatic carbocycles. The molecule has 0 aliphatic heterocycles. The van der Waals surface area contributed by atoms with Gasteiger partial charge in [0.25, 0.3) is 5.70 Å². The van der Waals surface area contributed by atoms with E-state index >= 15 is 0 Å². The van der Waals surface area contributed by atoms with Crippen molar-refractivity contribution in [2.24, 2.45) is 0 Å². The van der Waals surface area contributed by atoms with Gasteiger partial charge in [0.15, 0.2) is 17.4 Å². The number of hydrogen-bond acceptors (Lipinski definition) is 3. The van der Waals surface area contributed by atoms with Crippen LogP contribution in [0.4, 0.5) is 5.69 Å². The van der Waals surface area contributed by atoms with E-state index in [1.165, 1.54) is 0 Å². The molecule has 6 heteroatoms. The lowest BCUT2D eigenvalue weighted by molar-refractivity contribution is -0.575.